The summed E-state index contributed by atoms with van der Waals surface area (Å²) in [4.78, 5) is 23.3. The number of aromatic nitrogens is 5. The zero-order valence-corrected chi connectivity index (χ0v) is 18.3. The van der Waals surface area contributed by atoms with Crippen LogP contribution >= 0.6 is 12.2 Å². The fourth-order valence-corrected chi connectivity index (χ4v) is 4.30. The Labute approximate surface area is 188 Å². The molecule has 0 atom stereocenters. The highest BCUT2D eigenvalue weighted by molar-refractivity contribution is 7.71. The molecule has 1 aromatic carbocycles. The summed E-state index contributed by atoms with van der Waals surface area (Å²) in [5.41, 5.74) is 2.14. The molecule has 32 heavy (non-hydrogen) atoms. The lowest BCUT2D eigenvalue weighted by molar-refractivity contribution is 0.249. The summed E-state index contributed by atoms with van der Waals surface area (Å²) < 4.78 is 18.2. The van der Waals surface area contributed by atoms with Gasteiger partial charge in [0.1, 0.15) is 4.64 Å². The minimum Gasteiger partial charge on any atom is -0.365 e. The van der Waals surface area contributed by atoms with Crippen LogP contribution in [0.25, 0.3) is 16.7 Å². The van der Waals surface area contributed by atoms with Crippen LogP contribution in [-0.4, -0.2) is 55.4 Å². The van der Waals surface area contributed by atoms with Crippen molar-refractivity contribution >= 4 is 28.8 Å². The summed E-state index contributed by atoms with van der Waals surface area (Å²) in [7, 11) is 1.66. The van der Waals surface area contributed by atoms with Gasteiger partial charge in [0.2, 0.25) is 5.95 Å². The molecule has 4 aromatic rings. The summed E-state index contributed by atoms with van der Waals surface area (Å²) in [6.45, 7) is 3.75. The Morgan fingerprint density at radius 1 is 1.16 bits per heavy atom. The molecule has 1 N–H and O–H groups in total. The van der Waals surface area contributed by atoms with Crippen LogP contribution in [0.1, 0.15) is 5.56 Å². The summed E-state index contributed by atoms with van der Waals surface area (Å²) >= 11 is 5.37. The maximum absolute atomic E-state index is 14.7. The summed E-state index contributed by atoms with van der Waals surface area (Å²) in [6.07, 6.45) is 3.37. The van der Waals surface area contributed by atoms with Crippen molar-refractivity contribution in [3.8, 4) is 5.82 Å². The average molecular weight is 452 g/mol. The van der Waals surface area contributed by atoms with E-state index in [1.165, 1.54) is 9.25 Å². The molecule has 4 heterocycles. The van der Waals surface area contributed by atoms with Gasteiger partial charge in [0.05, 0.1) is 11.2 Å². The largest absolute Gasteiger partial charge is 0.365 e. The number of H-pyrrole nitrogens is 1. The molecule has 3 aromatic heterocycles. The lowest BCUT2D eigenvalue weighted by atomic mass is 10.1. The zero-order valence-electron chi connectivity index (χ0n) is 17.5. The van der Waals surface area contributed by atoms with Gasteiger partial charge in [-0.15, -0.1) is 0 Å². The number of rotatable bonds is 4. The molecule has 164 valence electrons. The molecule has 10 heteroatoms. The predicted molar refractivity (Wildman–Crippen MR) is 123 cm³/mol. The molecule has 0 amide bonds. The number of halogens is 1. The van der Waals surface area contributed by atoms with Gasteiger partial charge in [0, 0.05) is 57.6 Å². The van der Waals surface area contributed by atoms with E-state index >= 15 is 0 Å². The highest BCUT2D eigenvalue weighted by atomic mass is 32.1. The normalized spacial score (nSPS) is 14.9. The van der Waals surface area contributed by atoms with Crippen LogP contribution in [0.5, 0.6) is 0 Å². The van der Waals surface area contributed by atoms with E-state index in [0.717, 1.165) is 36.1 Å². The van der Waals surface area contributed by atoms with Crippen LogP contribution in [0, 0.1) is 10.6 Å². The summed E-state index contributed by atoms with van der Waals surface area (Å²) in [5, 5.41) is 4.95. The van der Waals surface area contributed by atoms with Crippen LogP contribution in [0.3, 0.4) is 0 Å². The minimum absolute atomic E-state index is 0.220. The molecule has 0 unspecified atom stereocenters. The van der Waals surface area contributed by atoms with Gasteiger partial charge in [-0.05, 0) is 35.9 Å². The third kappa shape index (κ3) is 3.82. The number of hydrogen-bond acceptors (Lipinski definition) is 6. The second-order valence-electron chi connectivity index (χ2n) is 7.87. The second-order valence-corrected chi connectivity index (χ2v) is 8.25. The van der Waals surface area contributed by atoms with Gasteiger partial charge in [0.25, 0.3) is 0 Å². The van der Waals surface area contributed by atoms with Gasteiger partial charge in [-0.2, -0.15) is 14.5 Å². The second kappa shape index (κ2) is 8.29. The van der Waals surface area contributed by atoms with E-state index in [2.05, 4.69) is 20.0 Å². The number of pyridine rings is 1. The molecule has 0 saturated carbocycles. The SMILES string of the molecule is Cn1c(=O)[nH]c2cc(CN3CCN(c4ccc(-n5cccn5)nc4F)CC3)ccc2c1=S. The van der Waals surface area contributed by atoms with Crippen LogP contribution in [0.2, 0.25) is 0 Å². The molecule has 1 aliphatic heterocycles. The number of fused-ring (bicyclic) bond motifs is 1. The van der Waals surface area contributed by atoms with Gasteiger partial charge >= 0.3 is 5.69 Å². The number of aromatic amines is 1. The van der Waals surface area contributed by atoms with Crippen molar-refractivity contribution in [2.75, 3.05) is 31.1 Å². The number of anilines is 1. The molecule has 8 nitrogen and oxygen atoms in total. The van der Waals surface area contributed by atoms with E-state index in [-0.39, 0.29) is 5.69 Å². The third-order valence-corrected chi connectivity index (χ3v) is 6.33. The van der Waals surface area contributed by atoms with Crippen molar-refractivity contribution in [3.05, 3.63) is 75.4 Å². The van der Waals surface area contributed by atoms with E-state index in [1.807, 2.05) is 23.1 Å². The van der Waals surface area contributed by atoms with Crippen molar-refractivity contribution in [2.24, 2.45) is 7.05 Å². The topological polar surface area (TPSA) is 75.0 Å². The van der Waals surface area contributed by atoms with E-state index < -0.39 is 5.95 Å². The standard InChI is InChI=1S/C22H22FN7OS/c1-27-21(32)16-4-3-15(13-17(16)25-22(27)31)14-28-9-11-29(12-10-28)18-5-6-19(26-20(18)23)30-8-2-7-24-30/h2-8,13H,9-12,14H2,1H3,(H,25,31). The molecule has 5 rings (SSSR count). The monoisotopic (exact) mass is 451 g/mol. The van der Waals surface area contributed by atoms with Crippen molar-refractivity contribution in [3.63, 3.8) is 0 Å². The first-order chi connectivity index (χ1) is 15.5. The molecular formula is C22H22FN7OS. The molecular weight excluding hydrogens is 429 g/mol. The first kappa shape index (κ1) is 20.5. The Morgan fingerprint density at radius 3 is 2.69 bits per heavy atom. The van der Waals surface area contributed by atoms with Crippen LogP contribution < -0.4 is 10.6 Å². The first-order valence-electron chi connectivity index (χ1n) is 10.4. The highest BCUT2D eigenvalue weighted by Gasteiger charge is 2.21. The number of piperazine rings is 1. The van der Waals surface area contributed by atoms with Crippen molar-refractivity contribution in [1.82, 2.24) is 29.2 Å². The number of benzene rings is 1. The summed E-state index contributed by atoms with van der Waals surface area (Å²) in [6, 6.07) is 11.3. The molecule has 1 saturated heterocycles. The molecule has 0 radical (unpaired) electrons. The van der Waals surface area contributed by atoms with Crippen molar-refractivity contribution in [1.29, 1.82) is 0 Å². The quantitative estimate of drug-likeness (QED) is 0.380. The van der Waals surface area contributed by atoms with E-state index in [9.17, 15) is 9.18 Å². The number of hydrogen-bond donors (Lipinski definition) is 1. The van der Waals surface area contributed by atoms with E-state index in [0.29, 0.717) is 29.2 Å². The van der Waals surface area contributed by atoms with Gasteiger partial charge in [-0.3, -0.25) is 9.47 Å². The van der Waals surface area contributed by atoms with Crippen LogP contribution in [0.15, 0.2) is 53.6 Å². The fourth-order valence-electron chi connectivity index (χ4n) is 4.04. The fraction of sp³-hybridized carbons (Fsp3) is 0.273. The van der Waals surface area contributed by atoms with E-state index in [4.69, 9.17) is 12.2 Å². The lowest BCUT2D eigenvalue weighted by Crippen LogP contribution is -2.46. The molecule has 0 bridgehead atoms. The predicted octanol–water partition coefficient (Wildman–Crippen LogP) is 2.64. The van der Waals surface area contributed by atoms with Gasteiger partial charge in [-0.25, -0.2) is 9.48 Å². The third-order valence-electron chi connectivity index (χ3n) is 5.84. The van der Waals surface area contributed by atoms with Crippen LogP contribution in [0.4, 0.5) is 10.1 Å². The van der Waals surface area contributed by atoms with Gasteiger partial charge in [0.15, 0.2) is 5.82 Å². The van der Waals surface area contributed by atoms with Crippen molar-refractivity contribution in [2.45, 2.75) is 6.54 Å². The Hall–Kier alpha value is -3.37. The highest BCUT2D eigenvalue weighted by Crippen LogP contribution is 2.22. The number of nitrogens with one attached hydrogen (secondary N) is 1. The summed E-state index contributed by atoms with van der Waals surface area (Å²) in [5.74, 6) is -0.0297. The first-order valence-corrected chi connectivity index (χ1v) is 10.8. The van der Waals surface area contributed by atoms with Crippen molar-refractivity contribution < 1.29 is 4.39 Å². The van der Waals surface area contributed by atoms with E-state index in [1.54, 1.807) is 37.6 Å². The number of nitrogens with zero attached hydrogens (tertiary/aromatic N) is 6. The smallest absolute Gasteiger partial charge is 0.326 e. The molecule has 0 aliphatic carbocycles. The average Bonchev–Trinajstić information content (AvgIpc) is 3.33. The lowest BCUT2D eigenvalue weighted by Gasteiger charge is -2.36. The van der Waals surface area contributed by atoms with Gasteiger partial charge in [-0.1, -0.05) is 18.3 Å². The Bertz CT molecular complexity index is 1390. The zero-order chi connectivity index (χ0) is 22.2. The van der Waals surface area contributed by atoms with Crippen LogP contribution in [-0.2, 0) is 13.6 Å². The molecule has 1 aliphatic rings. The molecule has 1 fully saturated rings. The Balaban J connectivity index is 1.27. The Morgan fingerprint density at radius 2 is 1.97 bits per heavy atom. The Kier molecular flexibility index (Phi) is 5.32. The molecule has 0 spiro atoms. The maximum Gasteiger partial charge on any atom is 0.326 e. The van der Waals surface area contributed by atoms with Gasteiger partial charge < -0.3 is 9.88 Å². The maximum atomic E-state index is 14.7. The minimum atomic E-state index is -0.488.